The average Bonchev–Trinajstić information content (AvgIpc) is 3.25. The monoisotopic (exact) mass is 562 g/mol. The summed E-state index contributed by atoms with van der Waals surface area (Å²) in [5.41, 5.74) is 7.29. The number of nitrogens with zero attached hydrogens (tertiary/aromatic N) is 1. The molecule has 0 saturated carbocycles. The molecule has 0 aromatic heterocycles. The van der Waals surface area contributed by atoms with Gasteiger partial charge in [-0.25, -0.2) is 0 Å². The molecule has 1 atom stereocenters. The average molecular weight is 563 g/mol. The number of esters is 1. The first kappa shape index (κ1) is 26.5. The van der Waals surface area contributed by atoms with Crippen LogP contribution >= 0.6 is 15.9 Å². The molecule has 2 aromatic rings. The van der Waals surface area contributed by atoms with Gasteiger partial charge in [-0.15, -0.1) is 0 Å². The van der Waals surface area contributed by atoms with Crippen molar-refractivity contribution < 1.29 is 38.2 Å². The number of hydrogen-bond acceptors (Lipinski definition) is 8. The van der Waals surface area contributed by atoms with Crippen LogP contribution in [0, 0.1) is 5.92 Å². The van der Waals surface area contributed by atoms with E-state index >= 15 is 0 Å². The number of carbonyl (C=O) groups excluding carboxylic acids is 5. The number of benzene rings is 2. The van der Waals surface area contributed by atoms with E-state index in [9.17, 15) is 24.0 Å². The van der Waals surface area contributed by atoms with Crippen molar-refractivity contribution in [3.8, 4) is 11.5 Å². The van der Waals surface area contributed by atoms with Crippen molar-refractivity contribution in [3.05, 3.63) is 58.1 Å². The highest BCUT2D eigenvalue weighted by Gasteiger charge is 2.37. The van der Waals surface area contributed by atoms with E-state index in [0.29, 0.717) is 17.1 Å². The Kier molecular flexibility index (Phi) is 8.84. The lowest BCUT2D eigenvalue weighted by Gasteiger charge is -2.18. The summed E-state index contributed by atoms with van der Waals surface area (Å²) in [7, 11) is 2.88. The molecule has 36 heavy (non-hydrogen) atoms. The van der Waals surface area contributed by atoms with Crippen molar-refractivity contribution >= 4 is 45.5 Å². The quantitative estimate of drug-likeness (QED) is 0.318. The fourth-order valence-corrected chi connectivity index (χ4v) is 3.45. The summed E-state index contributed by atoms with van der Waals surface area (Å²) in [6.07, 6.45) is -0.206. The number of hydrazine groups is 2. The molecule has 1 saturated heterocycles. The second-order valence-corrected chi connectivity index (χ2v) is 8.48. The smallest absolute Gasteiger partial charge is 0.311 e. The van der Waals surface area contributed by atoms with Gasteiger partial charge in [0.1, 0.15) is 11.5 Å². The molecule has 0 radical (unpaired) electrons. The van der Waals surface area contributed by atoms with E-state index in [1.165, 1.54) is 26.4 Å². The minimum absolute atomic E-state index is 0.133. The topological polar surface area (TPSA) is 152 Å². The zero-order chi connectivity index (χ0) is 26.2. The number of rotatable bonds is 8. The first-order valence-corrected chi connectivity index (χ1v) is 11.3. The minimum Gasteiger partial charge on any atom is -0.497 e. The number of hydrogen-bond donors (Lipinski definition) is 3. The van der Waals surface area contributed by atoms with Gasteiger partial charge in [0.25, 0.3) is 17.7 Å². The molecule has 1 aliphatic heterocycles. The van der Waals surface area contributed by atoms with E-state index in [2.05, 4.69) is 32.2 Å². The van der Waals surface area contributed by atoms with Gasteiger partial charge in [0, 0.05) is 28.1 Å². The molecule has 1 fully saturated rings. The number of methoxy groups -OCH3 is 2. The molecule has 0 bridgehead atoms. The fraction of sp³-hybridized carbons (Fsp3) is 0.261. The Labute approximate surface area is 214 Å². The van der Waals surface area contributed by atoms with Crippen LogP contribution in [-0.4, -0.2) is 62.0 Å². The van der Waals surface area contributed by atoms with Crippen molar-refractivity contribution in [2.24, 2.45) is 5.92 Å². The van der Waals surface area contributed by atoms with E-state index in [-0.39, 0.29) is 18.5 Å². The molecule has 0 aliphatic carbocycles. The van der Waals surface area contributed by atoms with Crippen molar-refractivity contribution in [1.82, 2.24) is 21.3 Å². The van der Waals surface area contributed by atoms with Crippen LogP contribution < -0.4 is 25.8 Å². The minimum atomic E-state index is -0.886. The normalized spacial score (nSPS) is 14.6. The number of halogens is 1. The van der Waals surface area contributed by atoms with Gasteiger partial charge in [-0.05, 0) is 36.4 Å². The summed E-state index contributed by atoms with van der Waals surface area (Å²) < 4.78 is 16.0. The van der Waals surface area contributed by atoms with Crippen LogP contribution in [0.5, 0.6) is 11.5 Å². The third-order valence-electron chi connectivity index (χ3n) is 5.08. The van der Waals surface area contributed by atoms with Gasteiger partial charge in [0.05, 0.1) is 26.7 Å². The third kappa shape index (κ3) is 6.95. The van der Waals surface area contributed by atoms with Crippen LogP contribution in [0.15, 0.2) is 46.9 Å². The molecule has 4 amide bonds. The second kappa shape index (κ2) is 12.0. The molecular formula is C23H23BrN4O8. The van der Waals surface area contributed by atoms with Crippen LogP contribution in [0.3, 0.4) is 0 Å². The molecule has 0 unspecified atom stereocenters. The van der Waals surface area contributed by atoms with Crippen LogP contribution in [0.1, 0.15) is 27.1 Å². The molecule has 190 valence electrons. The predicted molar refractivity (Wildman–Crippen MR) is 128 cm³/mol. The highest BCUT2D eigenvalue weighted by atomic mass is 79.9. The van der Waals surface area contributed by atoms with E-state index in [1.54, 1.807) is 30.3 Å². The lowest BCUT2D eigenvalue weighted by atomic mass is 10.1. The lowest BCUT2D eigenvalue weighted by molar-refractivity contribution is -0.152. The summed E-state index contributed by atoms with van der Waals surface area (Å²) in [5.74, 6) is -3.32. The number of carbonyl (C=O) groups is 5. The Hall–Kier alpha value is -4.13. The van der Waals surface area contributed by atoms with Gasteiger partial charge in [-0.3, -0.25) is 45.3 Å². The van der Waals surface area contributed by atoms with Crippen LogP contribution in [0.25, 0.3) is 0 Å². The van der Waals surface area contributed by atoms with E-state index in [0.717, 1.165) is 9.48 Å². The number of ether oxygens (including phenoxy) is 3. The van der Waals surface area contributed by atoms with E-state index in [4.69, 9.17) is 14.2 Å². The van der Waals surface area contributed by atoms with Gasteiger partial charge in [0.15, 0.2) is 6.61 Å². The molecule has 3 N–H and O–H groups in total. The summed E-state index contributed by atoms with van der Waals surface area (Å²) in [6.45, 7) is -0.799. The maximum absolute atomic E-state index is 12.6. The largest absolute Gasteiger partial charge is 0.497 e. The zero-order valence-electron chi connectivity index (χ0n) is 19.3. The fourth-order valence-electron chi connectivity index (χ4n) is 3.19. The molecule has 1 aliphatic rings. The SMILES string of the molecule is COc1cc(OC)cc(C(=O)NN2C[C@@H](C(=O)OCC(=O)NNC(=O)c3ccc(Br)cc3)CC2=O)c1. The Bertz CT molecular complexity index is 1150. The summed E-state index contributed by atoms with van der Waals surface area (Å²) in [6, 6.07) is 11.0. The maximum Gasteiger partial charge on any atom is 0.311 e. The molecule has 13 heteroatoms. The van der Waals surface area contributed by atoms with E-state index < -0.39 is 42.1 Å². The standard InChI is InChI=1S/C23H23BrN4O8/c1-34-17-7-14(8-18(10-17)35-2)22(32)27-28-11-15(9-20(28)30)23(33)36-12-19(29)25-26-21(31)13-3-5-16(24)6-4-13/h3-8,10,15H,9,11-12H2,1-2H3,(H,25,29)(H,26,31)(H,27,32)/t15-/m0/s1. The van der Waals surface area contributed by atoms with Crippen molar-refractivity contribution in [3.63, 3.8) is 0 Å². The van der Waals surface area contributed by atoms with Crippen molar-refractivity contribution in [2.45, 2.75) is 6.42 Å². The Balaban J connectivity index is 1.46. The molecule has 2 aromatic carbocycles. The van der Waals surface area contributed by atoms with Gasteiger partial charge in [0.2, 0.25) is 5.91 Å². The predicted octanol–water partition coefficient (Wildman–Crippen LogP) is 0.964. The molecule has 3 rings (SSSR count). The molecule has 0 spiro atoms. The van der Waals surface area contributed by atoms with Gasteiger partial charge in [-0.1, -0.05) is 15.9 Å². The first-order valence-electron chi connectivity index (χ1n) is 10.6. The van der Waals surface area contributed by atoms with Crippen molar-refractivity contribution in [2.75, 3.05) is 27.4 Å². The molecule has 1 heterocycles. The molecular weight excluding hydrogens is 540 g/mol. The number of amides is 4. The third-order valence-corrected chi connectivity index (χ3v) is 5.60. The zero-order valence-corrected chi connectivity index (χ0v) is 20.9. The van der Waals surface area contributed by atoms with Crippen molar-refractivity contribution in [1.29, 1.82) is 0 Å². The Morgan fingerprint density at radius 3 is 2.19 bits per heavy atom. The van der Waals surface area contributed by atoms with Crippen LogP contribution in [0.2, 0.25) is 0 Å². The molecule has 12 nitrogen and oxygen atoms in total. The second-order valence-electron chi connectivity index (χ2n) is 7.56. The summed E-state index contributed by atoms with van der Waals surface area (Å²) in [4.78, 5) is 61.2. The Morgan fingerprint density at radius 1 is 0.944 bits per heavy atom. The van der Waals surface area contributed by atoms with Gasteiger partial charge >= 0.3 is 5.97 Å². The highest BCUT2D eigenvalue weighted by molar-refractivity contribution is 9.10. The Morgan fingerprint density at radius 2 is 1.58 bits per heavy atom. The van der Waals surface area contributed by atoms with E-state index in [1.807, 2.05) is 0 Å². The van der Waals surface area contributed by atoms with Crippen LogP contribution in [-0.2, 0) is 19.1 Å². The van der Waals surface area contributed by atoms with Gasteiger partial charge in [-0.2, -0.15) is 0 Å². The van der Waals surface area contributed by atoms with Gasteiger partial charge < -0.3 is 14.2 Å². The number of nitrogens with one attached hydrogen (secondary N) is 3. The first-order chi connectivity index (χ1) is 17.2. The van der Waals surface area contributed by atoms with Crippen LogP contribution in [0.4, 0.5) is 0 Å². The maximum atomic E-state index is 12.6. The summed E-state index contributed by atoms with van der Waals surface area (Å²) in [5, 5.41) is 1.01. The highest BCUT2D eigenvalue weighted by Crippen LogP contribution is 2.23. The lowest BCUT2D eigenvalue weighted by Crippen LogP contribution is -2.44. The summed E-state index contributed by atoms with van der Waals surface area (Å²) >= 11 is 3.26.